The Kier molecular flexibility index (Phi) is 4.19. The summed E-state index contributed by atoms with van der Waals surface area (Å²) in [6.07, 6.45) is 7.21. The Balaban J connectivity index is 1.82. The number of benzene rings is 1. The van der Waals surface area contributed by atoms with Gasteiger partial charge in [-0.2, -0.15) is 0 Å². The molecule has 1 atom stereocenters. The molecule has 4 nitrogen and oxygen atoms in total. The van der Waals surface area contributed by atoms with Gasteiger partial charge in [0.1, 0.15) is 0 Å². The van der Waals surface area contributed by atoms with E-state index in [9.17, 15) is 0 Å². The first kappa shape index (κ1) is 13.7. The van der Waals surface area contributed by atoms with Crippen LogP contribution in [0.15, 0.2) is 61.1 Å². The molecule has 106 valence electrons. The first-order valence-corrected chi connectivity index (χ1v) is 7.04. The molecule has 0 radical (unpaired) electrons. The van der Waals surface area contributed by atoms with Crippen LogP contribution in [0.25, 0.3) is 10.9 Å². The number of nitrogens with zero attached hydrogens (tertiary/aromatic N) is 2. The third-order valence-corrected chi connectivity index (χ3v) is 3.67. The molecule has 0 spiro atoms. The van der Waals surface area contributed by atoms with Gasteiger partial charge in [-0.05, 0) is 48.2 Å². The largest absolute Gasteiger partial charge is 0.271 e. The minimum Gasteiger partial charge on any atom is -0.271 e. The van der Waals surface area contributed by atoms with Crippen molar-refractivity contribution in [2.24, 2.45) is 5.84 Å². The van der Waals surface area contributed by atoms with Gasteiger partial charge in [0.25, 0.3) is 0 Å². The highest BCUT2D eigenvalue weighted by atomic mass is 15.2. The molecule has 0 aliphatic rings. The molecule has 2 heterocycles. The number of nitrogens with two attached hydrogens (primary N) is 1. The number of pyridine rings is 2. The zero-order valence-electron chi connectivity index (χ0n) is 11.7. The SMILES string of the molecule is NNC(Cc1ccncc1)Cc1ccnc2ccccc12. The Bertz CT molecular complexity index is 707. The van der Waals surface area contributed by atoms with E-state index in [4.69, 9.17) is 5.84 Å². The van der Waals surface area contributed by atoms with Crippen LogP contribution in [0, 0.1) is 0 Å². The fourth-order valence-electron chi connectivity index (χ4n) is 2.59. The lowest BCUT2D eigenvalue weighted by molar-refractivity contribution is 0.523. The van der Waals surface area contributed by atoms with Crippen molar-refractivity contribution in [1.82, 2.24) is 15.4 Å². The van der Waals surface area contributed by atoms with Gasteiger partial charge in [-0.1, -0.05) is 18.2 Å². The van der Waals surface area contributed by atoms with Crippen molar-refractivity contribution >= 4 is 10.9 Å². The molecule has 21 heavy (non-hydrogen) atoms. The topological polar surface area (TPSA) is 63.8 Å². The van der Waals surface area contributed by atoms with Gasteiger partial charge in [0, 0.05) is 30.0 Å². The summed E-state index contributed by atoms with van der Waals surface area (Å²) in [6, 6.07) is 14.5. The van der Waals surface area contributed by atoms with Gasteiger partial charge in [0.2, 0.25) is 0 Å². The maximum atomic E-state index is 5.73. The monoisotopic (exact) mass is 278 g/mol. The quantitative estimate of drug-likeness (QED) is 0.555. The third kappa shape index (κ3) is 3.24. The molecule has 0 aliphatic heterocycles. The van der Waals surface area contributed by atoms with E-state index in [1.165, 1.54) is 16.5 Å². The van der Waals surface area contributed by atoms with Crippen molar-refractivity contribution in [1.29, 1.82) is 0 Å². The number of para-hydroxylation sites is 1. The summed E-state index contributed by atoms with van der Waals surface area (Å²) in [5.41, 5.74) is 6.44. The molecule has 0 saturated heterocycles. The molecule has 0 saturated carbocycles. The molecule has 3 aromatic rings. The molecule has 3 rings (SSSR count). The Labute approximate surface area is 124 Å². The summed E-state index contributed by atoms with van der Waals surface area (Å²) in [6.45, 7) is 0. The molecule has 0 aliphatic carbocycles. The van der Waals surface area contributed by atoms with Gasteiger partial charge in [-0.25, -0.2) is 0 Å². The van der Waals surface area contributed by atoms with E-state index < -0.39 is 0 Å². The standard InChI is InChI=1S/C17H18N4/c18-21-15(11-13-5-8-19-9-6-13)12-14-7-10-20-17-4-2-1-3-16(14)17/h1-10,15,21H,11-12,18H2. The summed E-state index contributed by atoms with van der Waals surface area (Å²) in [7, 11) is 0. The first-order valence-electron chi connectivity index (χ1n) is 7.04. The second kappa shape index (κ2) is 6.43. The van der Waals surface area contributed by atoms with Crippen LogP contribution < -0.4 is 11.3 Å². The Morgan fingerprint density at radius 3 is 2.57 bits per heavy atom. The summed E-state index contributed by atoms with van der Waals surface area (Å²) in [4.78, 5) is 8.44. The number of nitrogens with one attached hydrogen (secondary N) is 1. The summed E-state index contributed by atoms with van der Waals surface area (Å²) < 4.78 is 0. The Hall–Kier alpha value is -2.30. The highest BCUT2D eigenvalue weighted by molar-refractivity contribution is 5.81. The van der Waals surface area contributed by atoms with Gasteiger partial charge >= 0.3 is 0 Å². The summed E-state index contributed by atoms with van der Waals surface area (Å²) >= 11 is 0. The van der Waals surface area contributed by atoms with E-state index in [-0.39, 0.29) is 6.04 Å². The minimum absolute atomic E-state index is 0.179. The molecule has 1 unspecified atom stereocenters. The second-order valence-electron chi connectivity index (χ2n) is 5.11. The highest BCUT2D eigenvalue weighted by Gasteiger charge is 2.11. The molecular formula is C17H18N4. The predicted molar refractivity (Wildman–Crippen MR) is 84.5 cm³/mol. The van der Waals surface area contributed by atoms with Crippen LogP contribution in [0.2, 0.25) is 0 Å². The highest BCUT2D eigenvalue weighted by Crippen LogP contribution is 2.18. The molecule has 2 aromatic heterocycles. The van der Waals surface area contributed by atoms with E-state index >= 15 is 0 Å². The van der Waals surface area contributed by atoms with Crippen LogP contribution >= 0.6 is 0 Å². The average Bonchev–Trinajstić information content (AvgIpc) is 2.55. The number of aromatic nitrogens is 2. The number of hydrogen-bond donors (Lipinski definition) is 2. The van der Waals surface area contributed by atoms with Gasteiger partial charge in [0.15, 0.2) is 0 Å². The number of fused-ring (bicyclic) bond motifs is 1. The van der Waals surface area contributed by atoms with E-state index in [2.05, 4.69) is 27.5 Å². The van der Waals surface area contributed by atoms with Crippen molar-refractivity contribution in [3.8, 4) is 0 Å². The maximum absolute atomic E-state index is 5.73. The Morgan fingerprint density at radius 2 is 1.76 bits per heavy atom. The molecular weight excluding hydrogens is 260 g/mol. The van der Waals surface area contributed by atoms with Crippen LogP contribution in [0.1, 0.15) is 11.1 Å². The molecule has 1 aromatic carbocycles. The second-order valence-corrected chi connectivity index (χ2v) is 5.11. The van der Waals surface area contributed by atoms with Crippen LogP contribution in [0.3, 0.4) is 0 Å². The zero-order chi connectivity index (χ0) is 14.5. The molecule has 4 heteroatoms. The summed E-state index contributed by atoms with van der Waals surface area (Å²) in [5.74, 6) is 5.73. The fourth-order valence-corrected chi connectivity index (χ4v) is 2.59. The fraction of sp³-hybridized carbons (Fsp3) is 0.176. The van der Waals surface area contributed by atoms with E-state index in [0.29, 0.717) is 0 Å². The van der Waals surface area contributed by atoms with Gasteiger partial charge in [-0.3, -0.25) is 21.2 Å². The van der Waals surface area contributed by atoms with Crippen molar-refractivity contribution in [2.45, 2.75) is 18.9 Å². The normalized spacial score (nSPS) is 12.4. The molecule has 3 N–H and O–H groups in total. The lowest BCUT2D eigenvalue weighted by atomic mass is 9.98. The Morgan fingerprint density at radius 1 is 0.952 bits per heavy atom. The third-order valence-electron chi connectivity index (χ3n) is 3.67. The lowest BCUT2D eigenvalue weighted by Gasteiger charge is -2.17. The molecule has 0 amide bonds. The number of hydrogen-bond acceptors (Lipinski definition) is 4. The van der Waals surface area contributed by atoms with Crippen molar-refractivity contribution in [2.75, 3.05) is 0 Å². The van der Waals surface area contributed by atoms with Crippen LogP contribution in [0.4, 0.5) is 0 Å². The van der Waals surface area contributed by atoms with Crippen LogP contribution in [-0.4, -0.2) is 16.0 Å². The van der Waals surface area contributed by atoms with Gasteiger partial charge in [-0.15, -0.1) is 0 Å². The van der Waals surface area contributed by atoms with Gasteiger partial charge < -0.3 is 0 Å². The zero-order valence-corrected chi connectivity index (χ0v) is 11.7. The predicted octanol–water partition coefficient (Wildman–Crippen LogP) is 2.25. The van der Waals surface area contributed by atoms with Crippen LogP contribution in [0.5, 0.6) is 0 Å². The van der Waals surface area contributed by atoms with Gasteiger partial charge in [0.05, 0.1) is 5.52 Å². The average molecular weight is 278 g/mol. The van der Waals surface area contributed by atoms with E-state index in [0.717, 1.165) is 18.4 Å². The molecule has 0 fully saturated rings. The van der Waals surface area contributed by atoms with E-state index in [1.807, 2.05) is 48.9 Å². The maximum Gasteiger partial charge on any atom is 0.0704 e. The number of hydrazine groups is 1. The summed E-state index contributed by atoms with van der Waals surface area (Å²) in [5, 5.41) is 1.19. The minimum atomic E-state index is 0.179. The lowest BCUT2D eigenvalue weighted by Crippen LogP contribution is -2.38. The van der Waals surface area contributed by atoms with E-state index in [1.54, 1.807) is 0 Å². The van der Waals surface area contributed by atoms with Crippen molar-refractivity contribution < 1.29 is 0 Å². The smallest absolute Gasteiger partial charge is 0.0704 e. The van der Waals surface area contributed by atoms with Crippen molar-refractivity contribution in [3.63, 3.8) is 0 Å². The number of rotatable bonds is 5. The van der Waals surface area contributed by atoms with Crippen LogP contribution in [-0.2, 0) is 12.8 Å². The van der Waals surface area contributed by atoms with Crippen molar-refractivity contribution in [3.05, 3.63) is 72.2 Å². The first-order chi connectivity index (χ1) is 10.4. The molecule has 0 bridgehead atoms.